The van der Waals surface area contributed by atoms with Crippen LogP contribution in [0.5, 0.6) is 5.75 Å². The van der Waals surface area contributed by atoms with Crippen molar-refractivity contribution in [2.24, 2.45) is 0 Å². The van der Waals surface area contributed by atoms with Gasteiger partial charge in [0.05, 0.1) is 12.4 Å². The molecule has 0 saturated heterocycles. The molecule has 2 rings (SSSR count). The van der Waals surface area contributed by atoms with E-state index in [9.17, 15) is 0 Å². The van der Waals surface area contributed by atoms with E-state index in [-0.39, 0.29) is 5.75 Å². The van der Waals surface area contributed by atoms with Crippen LogP contribution in [-0.2, 0) is 0 Å². The highest BCUT2D eigenvalue weighted by molar-refractivity contribution is 5.61. The molecule has 1 heterocycles. The maximum Gasteiger partial charge on any atom is 0.115 e. The minimum atomic E-state index is 0.249. The summed E-state index contributed by atoms with van der Waals surface area (Å²) in [5.41, 5.74) is 1.84. The number of hydrogen-bond acceptors (Lipinski definition) is 4. The lowest BCUT2D eigenvalue weighted by atomic mass is 10.1. The zero-order chi connectivity index (χ0) is 9.10. The Morgan fingerprint density at radius 1 is 0.846 bits per heavy atom. The fraction of sp³-hybridized carbons (Fsp3) is 0. The molecule has 0 fully saturated rings. The summed E-state index contributed by atoms with van der Waals surface area (Å²) in [6.45, 7) is 0. The average molecular weight is 173 g/mol. The number of phenols is 1. The monoisotopic (exact) mass is 173 g/mol. The van der Waals surface area contributed by atoms with Crippen LogP contribution in [0.3, 0.4) is 0 Å². The predicted octanol–water partition coefficient (Wildman–Crippen LogP) is 1.24. The van der Waals surface area contributed by atoms with Crippen molar-refractivity contribution in [1.82, 2.24) is 15.4 Å². The second kappa shape index (κ2) is 3.18. The van der Waals surface area contributed by atoms with Gasteiger partial charge in [0.15, 0.2) is 0 Å². The molecule has 0 saturated carbocycles. The van der Waals surface area contributed by atoms with E-state index in [2.05, 4.69) is 15.4 Å². The van der Waals surface area contributed by atoms with Gasteiger partial charge in [-0.3, -0.25) is 0 Å². The molecule has 4 nitrogen and oxygen atoms in total. The van der Waals surface area contributed by atoms with Gasteiger partial charge < -0.3 is 5.11 Å². The molecule has 1 N–H and O–H groups in total. The van der Waals surface area contributed by atoms with E-state index < -0.39 is 0 Å². The summed E-state index contributed by atoms with van der Waals surface area (Å²) in [4.78, 5) is 0. The first-order valence-electron chi connectivity index (χ1n) is 3.79. The van der Waals surface area contributed by atoms with Gasteiger partial charge in [0.25, 0.3) is 0 Å². The van der Waals surface area contributed by atoms with E-state index in [4.69, 9.17) is 5.11 Å². The number of nitrogens with zero attached hydrogens (tertiary/aromatic N) is 3. The average Bonchev–Trinajstić information content (AvgIpc) is 2.20. The smallest absolute Gasteiger partial charge is 0.115 e. The SMILES string of the molecule is Oc1ccc(-c2cnnnc2)cc1. The Morgan fingerprint density at radius 3 is 2.08 bits per heavy atom. The first kappa shape index (κ1) is 7.67. The Kier molecular flexibility index (Phi) is 1.88. The van der Waals surface area contributed by atoms with E-state index in [1.165, 1.54) is 0 Å². The van der Waals surface area contributed by atoms with E-state index >= 15 is 0 Å². The quantitative estimate of drug-likeness (QED) is 0.704. The maximum absolute atomic E-state index is 9.06. The second-order valence-corrected chi connectivity index (χ2v) is 2.58. The van der Waals surface area contributed by atoms with Crippen LogP contribution in [0.2, 0.25) is 0 Å². The number of benzene rings is 1. The molecule has 4 heteroatoms. The van der Waals surface area contributed by atoms with Crippen LogP contribution in [0.25, 0.3) is 11.1 Å². The lowest BCUT2D eigenvalue weighted by Gasteiger charge is -1.98. The summed E-state index contributed by atoms with van der Waals surface area (Å²) < 4.78 is 0. The normalized spacial score (nSPS) is 9.85. The van der Waals surface area contributed by atoms with Gasteiger partial charge in [0, 0.05) is 5.56 Å². The summed E-state index contributed by atoms with van der Waals surface area (Å²) in [5.74, 6) is 0.249. The lowest BCUT2D eigenvalue weighted by molar-refractivity contribution is 0.475. The number of aromatic hydroxyl groups is 1. The third-order valence-corrected chi connectivity index (χ3v) is 1.70. The van der Waals surface area contributed by atoms with Crippen LogP contribution >= 0.6 is 0 Å². The van der Waals surface area contributed by atoms with E-state index in [1.807, 2.05) is 0 Å². The first-order valence-corrected chi connectivity index (χ1v) is 3.79. The van der Waals surface area contributed by atoms with Gasteiger partial charge in [0.1, 0.15) is 5.75 Å². The Balaban J connectivity index is 2.42. The van der Waals surface area contributed by atoms with Gasteiger partial charge >= 0.3 is 0 Å². The lowest BCUT2D eigenvalue weighted by Crippen LogP contribution is -1.86. The Bertz CT molecular complexity index is 385. The zero-order valence-corrected chi connectivity index (χ0v) is 6.75. The second-order valence-electron chi connectivity index (χ2n) is 2.58. The molecule has 0 bridgehead atoms. The van der Waals surface area contributed by atoms with Gasteiger partial charge in [-0.25, -0.2) is 0 Å². The highest BCUT2D eigenvalue weighted by Crippen LogP contribution is 2.19. The van der Waals surface area contributed by atoms with Crippen molar-refractivity contribution in [3.05, 3.63) is 36.7 Å². The van der Waals surface area contributed by atoms with Crippen molar-refractivity contribution in [3.63, 3.8) is 0 Å². The number of aromatic nitrogens is 3. The molecule has 64 valence electrons. The molecular formula is C9H7N3O. The molecule has 0 spiro atoms. The first-order chi connectivity index (χ1) is 6.36. The number of hydrogen-bond donors (Lipinski definition) is 1. The summed E-state index contributed by atoms with van der Waals surface area (Å²) in [5, 5.41) is 19.8. The number of rotatable bonds is 1. The molecule has 1 aromatic heterocycles. The highest BCUT2D eigenvalue weighted by Gasteiger charge is 1.96. The summed E-state index contributed by atoms with van der Waals surface area (Å²) in [6.07, 6.45) is 3.25. The number of phenolic OH excluding ortho intramolecular Hbond substituents is 1. The topological polar surface area (TPSA) is 58.9 Å². The fourth-order valence-corrected chi connectivity index (χ4v) is 1.04. The van der Waals surface area contributed by atoms with E-state index in [0.717, 1.165) is 11.1 Å². The maximum atomic E-state index is 9.06. The minimum Gasteiger partial charge on any atom is -0.508 e. The molecule has 0 aliphatic rings. The largest absolute Gasteiger partial charge is 0.508 e. The molecule has 0 atom stereocenters. The van der Waals surface area contributed by atoms with Crippen molar-refractivity contribution >= 4 is 0 Å². The summed E-state index contributed by atoms with van der Waals surface area (Å²) in [7, 11) is 0. The molecule has 0 aliphatic heterocycles. The van der Waals surface area contributed by atoms with Crippen molar-refractivity contribution in [3.8, 4) is 16.9 Å². The molecular weight excluding hydrogens is 166 g/mol. The van der Waals surface area contributed by atoms with Crippen LogP contribution in [0.1, 0.15) is 0 Å². The highest BCUT2D eigenvalue weighted by atomic mass is 16.3. The molecule has 13 heavy (non-hydrogen) atoms. The van der Waals surface area contributed by atoms with Gasteiger partial charge in [-0.15, -0.1) is 10.2 Å². The van der Waals surface area contributed by atoms with Crippen molar-refractivity contribution in [1.29, 1.82) is 0 Å². The zero-order valence-electron chi connectivity index (χ0n) is 6.75. The Labute approximate surface area is 74.9 Å². The van der Waals surface area contributed by atoms with Gasteiger partial charge in [0.2, 0.25) is 0 Å². The Morgan fingerprint density at radius 2 is 1.46 bits per heavy atom. The molecule has 0 radical (unpaired) electrons. The molecule has 0 unspecified atom stereocenters. The van der Waals surface area contributed by atoms with Gasteiger partial charge in [-0.05, 0) is 22.9 Å². The molecule has 2 aromatic rings. The van der Waals surface area contributed by atoms with Crippen LogP contribution in [-0.4, -0.2) is 20.5 Å². The summed E-state index contributed by atoms with van der Waals surface area (Å²) in [6, 6.07) is 6.84. The minimum absolute atomic E-state index is 0.249. The van der Waals surface area contributed by atoms with Crippen molar-refractivity contribution in [2.75, 3.05) is 0 Å². The third-order valence-electron chi connectivity index (χ3n) is 1.70. The van der Waals surface area contributed by atoms with Crippen LogP contribution < -0.4 is 0 Å². The van der Waals surface area contributed by atoms with Crippen LogP contribution in [0.4, 0.5) is 0 Å². The van der Waals surface area contributed by atoms with Gasteiger partial charge in [-0.1, -0.05) is 12.1 Å². The van der Waals surface area contributed by atoms with E-state index in [0.29, 0.717) is 0 Å². The predicted molar refractivity (Wildman–Crippen MR) is 46.9 cm³/mol. The molecule has 1 aromatic carbocycles. The third kappa shape index (κ3) is 1.61. The fourth-order valence-electron chi connectivity index (χ4n) is 1.04. The molecule has 0 aliphatic carbocycles. The standard InChI is InChI=1S/C9H7N3O/c13-9-3-1-7(2-4-9)8-5-10-12-11-6-8/h1-6,13H. The van der Waals surface area contributed by atoms with Gasteiger partial charge in [-0.2, -0.15) is 0 Å². The van der Waals surface area contributed by atoms with Crippen LogP contribution in [0, 0.1) is 0 Å². The van der Waals surface area contributed by atoms with Crippen LogP contribution in [0.15, 0.2) is 36.7 Å². The molecule has 0 amide bonds. The van der Waals surface area contributed by atoms with E-state index in [1.54, 1.807) is 36.7 Å². The van der Waals surface area contributed by atoms with Crippen molar-refractivity contribution < 1.29 is 5.11 Å². The Hall–Kier alpha value is -1.97. The van der Waals surface area contributed by atoms with Crippen molar-refractivity contribution in [2.45, 2.75) is 0 Å². The summed E-state index contributed by atoms with van der Waals surface area (Å²) >= 11 is 0.